The van der Waals surface area contributed by atoms with Crippen LogP contribution in [-0.4, -0.2) is 24.4 Å². The second kappa shape index (κ2) is 9.14. The van der Waals surface area contributed by atoms with Gasteiger partial charge in [-0.25, -0.2) is 4.79 Å². The average Bonchev–Trinajstić information content (AvgIpc) is 2.74. The summed E-state index contributed by atoms with van der Waals surface area (Å²) in [4.78, 5) is 36.2. The van der Waals surface area contributed by atoms with Crippen molar-refractivity contribution < 1.29 is 23.9 Å². The Morgan fingerprint density at radius 2 is 1.36 bits per heavy atom. The monoisotopic (exact) mass is 375 g/mol. The Labute approximate surface area is 161 Å². The van der Waals surface area contributed by atoms with Gasteiger partial charge in [-0.1, -0.05) is 48.5 Å². The van der Waals surface area contributed by atoms with Crippen LogP contribution in [0.1, 0.15) is 20.7 Å². The minimum absolute atomic E-state index is 0.175. The fraction of sp³-hybridized carbons (Fsp3) is 0.0455. The number of benzene rings is 3. The van der Waals surface area contributed by atoms with Crippen molar-refractivity contribution in [1.82, 2.24) is 5.32 Å². The number of hydrogen-bond acceptors (Lipinski definition) is 5. The lowest BCUT2D eigenvalue weighted by Crippen LogP contribution is -2.34. The second-order valence-electron chi connectivity index (χ2n) is 5.73. The van der Waals surface area contributed by atoms with Crippen molar-refractivity contribution in [1.29, 1.82) is 0 Å². The van der Waals surface area contributed by atoms with Gasteiger partial charge in [0.15, 0.2) is 6.61 Å². The van der Waals surface area contributed by atoms with Crippen molar-refractivity contribution in [2.45, 2.75) is 0 Å². The molecule has 0 unspecified atom stereocenters. The lowest BCUT2D eigenvalue weighted by atomic mass is 10.2. The number of carbonyl (C=O) groups is 3. The van der Waals surface area contributed by atoms with E-state index in [2.05, 4.69) is 5.32 Å². The van der Waals surface area contributed by atoms with Crippen LogP contribution < -0.4 is 10.1 Å². The lowest BCUT2D eigenvalue weighted by Gasteiger charge is -2.11. The molecule has 0 heterocycles. The smallest absolute Gasteiger partial charge is 0.342 e. The van der Waals surface area contributed by atoms with Crippen LogP contribution in [0.4, 0.5) is 0 Å². The third-order valence-electron chi connectivity index (χ3n) is 3.70. The maximum absolute atomic E-state index is 12.3. The molecule has 3 aromatic rings. The van der Waals surface area contributed by atoms with Crippen LogP contribution in [0.25, 0.3) is 0 Å². The summed E-state index contributed by atoms with van der Waals surface area (Å²) in [5.74, 6) is -1.14. The quantitative estimate of drug-likeness (QED) is 0.666. The van der Waals surface area contributed by atoms with E-state index in [9.17, 15) is 14.4 Å². The number of amides is 2. The van der Waals surface area contributed by atoms with Crippen molar-refractivity contribution in [2.24, 2.45) is 0 Å². The highest BCUT2D eigenvalue weighted by Gasteiger charge is 2.17. The molecule has 0 atom stereocenters. The molecule has 6 heteroatoms. The first-order valence-electron chi connectivity index (χ1n) is 8.52. The zero-order chi connectivity index (χ0) is 19.8. The zero-order valence-electron chi connectivity index (χ0n) is 14.8. The molecule has 0 aliphatic rings. The van der Waals surface area contributed by atoms with Crippen LogP contribution in [0.3, 0.4) is 0 Å². The first kappa shape index (κ1) is 18.8. The molecule has 28 heavy (non-hydrogen) atoms. The summed E-state index contributed by atoms with van der Waals surface area (Å²) in [6, 6.07) is 23.8. The molecule has 0 fully saturated rings. The normalized spacial score (nSPS) is 10.0. The molecule has 0 radical (unpaired) electrons. The van der Waals surface area contributed by atoms with E-state index in [-0.39, 0.29) is 5.56 Å². The minimum Gasteiger partial charge on any atom is -0.456 e. The first-order chi connectivity index (χ1) is 13.6. The molecule has 0 saturated carbocycles. The molecule has 3 rings (SSSR count). The Morgan fingerprint density at radius 3 is 2.07 bits per heavy atom. The van der Waals surface area contributed by atoms with Gasteiger partial charge in [0.05, 0.1) is 0 Å². The molecule has 0 aliphatic heterocycles. The summed E-state index contributed by atoms with van der Waals surface area (Å²) in [7, 11) is 0. The number of imide groups is 1. The molecule has 0 aliphatic carbocycles. The number of esters is 1. The lowest BCUT2D eigenvalue weighted by molar-refractivity contribution is -0.123. The predicted molar refractivity (Wildman–Crippen MR) is 102 cm³/mol. The summed E-state index contributed by atoms with van der Waals surface area (Å²) < 4.78 is 10.7. The van der Waals surface area contributed by atoms with E-state index in [0.29, 0.717) is 17.1 Å². The molecule has 0 aromatic heterocycles. The Kier molecular flexibility index (Phi) is 6.15. The summed E-state index contributed by atoms with van der Waals surface area (Å²) in [5.41, 5.74) is 0.511. The molecule has 3 aromatic carbocycles. The van der Waals surface area contributed by atoms with Crippen LogP contribution in [0.15, 0.2) is 84.9 Å². The molecule has 1 N–H and O–H groups in total. The molecule has 2 amide bonds. The molecule has 0 spiro atoms. The zero-order valence-corrected chi connectivity index (χ0v) is 14.8. The van der Waals surface area contributed by atoms with Gasteiger partial charge in [-0.05, 0) is 36.4 Å². The van der Waals surface area contributed by atoms with E-state index in [0.717, 1.165) is 0 Å². The molecule has 0 bridgehead atoms. The largest absolute Gasteiger partial charge is 0.456 e. The Morgan fingerprint density at radius 1 is 0.750 bits per heavy atom. The highest BCUT2D eigenvalue weighted by molar-refractivity contribution is 6.05. The van der Waals surface area contributed by atoms with E-state index in [1.54, 1.807) is 60.7 Å². The standard InChI is InChI=1S/C22H17NO5/c24-20(23-21(25)16-9-3-1-4-10-16)15-27-22(26)18-13-7-8-14-19(18)28-17-11-5-2-6-12-17/h1-14H,15H2,(H,23,24,25). The fourth-order valence-electron chi connectivity index (χ4n) is 2.37. The SMILES string of the molecule is O=C(COC(=O)c1ccccc1Oc1ccccc1)NC(=O)c1ccccc1. The van der Waals surface area contributed by atoms with Gasteiger partial charge in [0.2, 0.25) is 0 Å². The van der Waals surface area contributed by atoms with Crippen LogP contribution >= 0.6 is 0 Å². The van der Waals surface area contributed by atoms with E-state index in [1.807, 2.05) is 18.2 Å². The van der Waals surface area contributed by atoms with Crippen LogP contribution in [-0.2, 0) is 9.53 Å². The molecule has 6 nitrogen and oxygen atoms in total. The van der Waals surface area contributed by atoms with E-state index in [4.69, 9.17) is 9.47 Å². The average molecular weight is 375 g/mol. The maximum Gasteiger partial charge on any atom is 0.342 e. The highest BCUT2D eigenvalue weighted by atomic mass is 16.5. The number of rotatable bonds is 6. The number of para-hydroxylation sites is 2. The van der Waals surface area contributed by atoms with Crippen molar-refractivity contribution >= 4 is 17.8 Å². The Balaban J connectivity index is 1.59. The Hall–Kier alpha value is -3.93. The van der Waals surface area contributed by atoms with Gasteiger partial charge in [-0.2, -0.15) is 0 Å². The van der Waals surface area contributed by atoms with Crippen LogP contribution in [0.2, 0.25) is 0 Å². The van der Waals surface area contributed by atoms with Crippen LogP contribution in [0, 0.1) is 0 Å². The maximum atomic E-state index is 12.3. The van der Waals surface area contributed by atoms with Gasteiger partial charge in [0.1, 0.15) is 17.1 Å². The summed E-state index contributed by atoms with van der Waals surface area (Å²) in [6.45, 7) is -0.586. The molecule has 0 saturated heterocycles. The summed E-state index contributed by atoms with van der Waals surface area (Å²) in [6.07, 6.45) is 0. The molecular formula is C22H17NO5. The third-order valence-corrected chi connectivity index (χ3v) is 3.70. The van der Waals surface area contributed by atoms with Gasteiger partial charge < -0.3 is 9.47 Å². The number of carbonyl (C=O) groups excluding carboxylic acids is 3. The first-order valence-corrected chi connectivity index (χ1v) is 8.52. The van der Waals surface area contributed by atoms with E-state index in [1.165, 1.54) is 6.07 Å². The highest BCUT2D eigenvalue weighted by Crippen LogP contribution is 2.25. The number of ether oxygens (including phenoxy) is 2. The van der Waals surface area contributed by atoms with Gasteiger partial charge in [0, 0.05) is 5.56 Å². The van der Waals surface area contributed by atoms with E-state index >= 15 is 0 Å². The van der Waals surface area contributed by atoms with Crippen LogP contribution in [0.5, 0.6) is 11.5 Å². The Bertz CT molecular complexity index is 970. The van der Waals surface area contributed by atoms with Crippen molar-refractivity contribution in [3.05, 3.63) is 96.1 Å². The summed E-state index contributed by atoms with van der Waals surface area (Å²) >= 11 is 0. The number of hydrogen-bond donors (Lipinski definition) is 1. The van der Waals surface area contributed by atoms with Gasteiger partial charge in [0.25, 0.3) is 11.8 Å². The third kappa shape index (κ3) is 5.04. The van der Waals surface area contributed by atoms with Gasteiger partial charge in [-0.3, -0.25) is 14.9 Å². The minimum atomic E-state index is -0.728. The second-order valence-corrected chi connectivity index (χ2v) is 5.73. The van der Waals surface area contributed by atoms with E-state index < -0.39 is 24.4 Å². The molecule has 140 valence electrons. The summed E-state index contributed by atoms with van der Waals surface area (Å²) in [5, 5.41) is 2.17. The van der Waals surface area contributed by atoms with Gasteiger partial charge >= 0.3 is 5.97 Å². The topological polar surface area (TPSA) is 81.7 Å². The number of nitrogens with one attached hydrogen (secondary N) is 1. The predicted octanol–water partition coefficient (Wildman–Crippen LogP) is 3.59. The van der Waals surface area contributed by atoms with Crippen molar-refractivity contribution in [3.8, 4) is 11.5 Å². The fourth-order valence-corrected chi connectivity index (χ4v) is 2.37. The van der Waals surface area contributed by atoms with Gasteiger partial charge in [-0.15, -0.1) is 0 Å². The van der Waals surface area contributed by atoms with Crippen molar-refractivity contribution in [3.63, 3.8) is 0 Å². The molecular weight excluding hydrogens is 358 g/mol. The van der Waals surface area contributed by atoms with Crippen molar-refractivity contribution in [2.75, 3.05) is 6.61 Å².